The van der Waals surface area contributed by atoms with Crippen LogP contribution >= 0.6 is 0 Å². The number of fused-ring (bicyclic) bond motifs is 1. The Bertz CT molecular complexity index is 752. The Balaban J connectivity index is 1.39. The summed E-state index contributed by atoms with van der Waals surface area (Å²) < 4.78 is 13.0. The van der Waals surface area contributed by atoms with Crippen LogP contribution < -0.4 is 5.32 Å². The minimum absolute atomic E-state index is 0.0970. The molecule has 1 atom stereocenters. The minimum Gasteiger partial charge on any atom is -0.472 e. The molecule has 0 radical (unpaired) electrons. The predicted molar refractivity (Wildman–Crippen MR) is 84.4 cm³/mol. The summed E-state index contributed by atoms with van der Waals surface area (Å²) in [6.07, 6.45) is 3.52. The third-order valence-electron chi connectivity index (χ3n) is 4.00. The van der Waals surface area contributed by atoms with E-state index in [-0.39, 0.29) is 6.10 Å². The zero-order valence-corrected chi connectivity index (χ0v) is 12.7. The third kappa shape index (κ3) is 3.04. The van der Waals surface area contributed by atoms with E-state index < -0.39 is 0 Å². The van der Waals surface area contributed by atoms with E-state index in [1.165, 1.54) is 0 Å². The number of benzene rings is 1. The van der Waals surface area contributed by atoms with Gasteiger partial charge in [0.05, 0.1) is 37.5 Å². The lowest BCUT2D eigenvalue weighted by Gasteiger charge is -2.24. The van der Waals surface area contributed by atoms with Crippen LogP contribution in [-0.2, 0) is 24.4 Å². The van der Waals surface area contributed by atoms with Crippen molar-refractivity contribution in [2.24, 2.45) is 0 Å². The second kappa shape index (κ2) is 6.36. The minimum atomic E-state index is 0.0970. The van der Waals surface area contributed by atoms with Gasteiger partial charge in [0.25, 0.3) is 0 Å². The SMILES string of the molecule is c1ccc(-c2nnn3c2COC(CNCc2ccoc2)C3)cc1. The summed E-state index contributed by atoms with van der Waals surface area (Å²) in [4.78, 5) is 0. The van der Waals surface area contributed by atoms with E-state index in [4.69, 9.17) is 9.15 Å². The average Bonchev–Trinajstić information content (AvgIpc) is 3.25. The zero-order valence-electron chi connectivity index (χ0n) is 12.7. The highest BCUT2D eigenvalue weighted by atomic mass is 16.5. The lowest BCUT2D eigenvalue weighted by atomic mass is 10.1. The number of furan rings is 1. The number of hydrogen-bond acceptors (Lipinski definition) is 5. The molecular formula is C17H18N4O2. The predicted octanol–water partition coefficient (Wildman–Crippen LogP) is 2.23. The van der Waals surface area contributed by atoms with Gasteiger partial charge in [-0.3, -0.25) is 0 Å². The summed E-state index contributed by atoms with van der Waals surface area (Å²) in [6.45, 7) is 2.80. The van der Waals surface area contributed by atoms with Crippen LogP contribution in [0.2, 0.25) is 0 Å². The van der Waals surface area contributed by atoms with Crippen LogP contribution in [0.4, 0.5) is 0 Å². The molecule has 0 aliphatic carbocycles. The molecule has 118 valence electrons. The molecule has 23 heavy (non-hydrogen) atoms. The summed E-state index contributed by atoms with van der Waals surface area (Å²) in [5.41, 5.74) is 4.17. The topological polar surface area (TPSA) is 65.1 Å². The number of aromatic nitrogens is 3. The summed E-state index contributed by atoms with van der Waals surface area (Å²) in [5.74, 6) is 0. The normalized spacial score (nSPS) is 17.1. The fourth-order valence-corrected chi connectivity index (χ4v) is 2.78. The van der Waals surface area contributed by atoms with Gasteiger partial charge >= 0.3 is 0 Å². The average molecular weight is 310 g/mol. The second-order valence-corrected chi connectivity index (χ2v) is 5.63. The second-order valence-electron chi connectivity index (χ2n) is 5.63. The molecule has 1 aliphatic rings. The Labute approximate surface area is 134 Å². The molecule has 3 aromatic rings. The van der Waals surface area contributed by atoms with Gasteiger partial charge in [-0.05, 0) is 6.07 Å². The molecule has 1 N–H and O–H groups in total. The maximum absolute atomic E-state index is 5.96. The molecule has 6 nitrogen and oxygen atoms in total. The van der Waals surface area contributed by atoms with Gasteiger partial charge in [-0.2, -0.15) is 0 Å². The molecular weight excluding hydrogens is 292 g/mol. The number of nitrogens with one attached hydrogen (secondary N) is 1. The molecule has 2 aromatic heterocycles. The molecule has 0 spiro atoms. The van der Waals surface area contributed by atoms with E-state index in [0.717, 1.165) is 35.6 Å². The van der Waals surface area contributed by atoms with Crippen LogP contribution in [0.5, 0.6) is 0 Å². The molecule has 1 unspecified atom stereocenters. The lowest BCUT2D eigenvalue weighted by molar-refractivity contribution is 0.00125. The molecule has 1 aromatic carbocycles. The molecule has 6 heteroatoms. The summed E-state index contributed by atoms with van der Waals surface area (Å²) in [5, 5.41) is 12.0. The highest BCUT2D eigenvalue weighted by molar-refractivity contribution is 5.61. The van der Waals surface area contributed by atoms with Crippen LogP contribution in [0.25, 0.3) is 11.3 Å². The molecule has 1 aliphatic heterocycles. The molecule has 0 fully saturated rings. The van der Waals surface area contributed by atoms with E-state index in [9.17, 15) is 0 Å². The number of hydrogen-bond donors (Lipinski definition) is 1. The van der Waals surface area contributed by atoms with Crippen molar-refractivity contribution in [2.75, 3.05) is 6.54 Å². The van der Waals surface area contributed by atoms with Crippen molar-refractivity contribution in [3.8, 4) is 11.3 Å². The van der Waals surface area contributed by atoms with Crippen molar-refractivity contribution in [1.29, 1.82) is 0 Å². The Morgan fingerprint density at radius 1 is 1.22 bits per heavy atom. The van der Waals surface area contributed by atoms with Crippen LogP contribution in [-0.4, -0.2) is 27.6 Å². The molecule has 0 amide bonds. The molecule has 0 bridgehead atoms. The van der Waals surface area contributed by atoms with Gasteiger partial charge in [-0.15, -0.1) is 5.10 Å². The number of ether oxygens (including phenoxy) is 1. The first-order chi connectivity index (χ1) is 11.4. The third-order valence-corrected chi connectivity index (χ3v) is 4.00. The standard InChI is InChI=1S/C17H18N4O2/c1-2-4-14(5-3-1)17-16-12-23-15(10-21(16)20-19-17)9-18-8-13-6-7-22-11-13/h1-7,11,15,18H,8-10,12H2. The molecule has 0 saturated heterocycles. The smallest absolute Gasteiger partial charge is 0.118 e. The fourth-order valence-electron chi connectivity index (χ4n) is 2.78. The van der Waals surface area contributed by atoms with Gasteiger partial charge in [-0.25, -0.2) is 4.68 Å². The fraction of sp³-hybridized carbons (Fsp3) is 0.294. The van der Waals surface area contributed by atoms with Crippen molar-refractivity contribution in [3.63, 3.8) is 0 Å². The van der Waals surface area contributed by atoms with Crippen molar-refractivity contribution in [1.82, 2.24) is 20.3 Å². The van der Waals surface area contributed by atoms with Gasteiger partial charge in [0, 0.05) is 24.2 Å². The van der Waals surface area contributed by atoms with Gasteiger partial charge in [0.1, 0.15) is 5.69 Å². The van der Waals surface area contributed by atoms with E-state index in [1.807, 2.05) is 41.1 Å². The maximum atomic E-state index is 5.96. The summed E-state index contributed by atoms with van der Waals surface area (Å²) in [6, 6.07) is 12.1. The van der Waals surface area contributed by atoms with Crippen LogP contribution in [0.1, 0.15) is 11.3 Å². The van der Waals surface area contributed by atoms with E-state index in [1.54, 1.807) is 12.5 Å². The first-order valence-electron chi connectivity index (χ1n) is 7.71. The van der Waals surface area contributed by atoms with Crippen molar-refractivity contribution in [3.05, 3.63) is 60.2 Å². The maximum Gasteiger partial charge on any atom is 0.118 e. The molecule has 4 rings (SSSR count). The van der Waals surface area contributed by atoms with Crippen LogP contribution in [0.15, 0.2) is 53.3 Å². The highest BCUT2D eigenvalue weighted by Crippen LogP contribution is 2.24. The number of nitrogens with zero attached hydrogens (tertiary/aromatic N) is 3. The Kier molecular flexibility index (Phi) is 3.92. The van der Waals surface area contributed by atoms with Crippen molar-refractivity contribution >= 4 is 0 Å². The first-order valence-corrected chi connectivity index (χ1v) is 7.71. The Morgan fingerprint density at radius 2 is 2.13 bits per heavy atom. The quantitative estimate of drug-likeness (QED) is 0.783. The monoisotopic (exact) mass is 310 g/mol. The lowest BCUT2D eigenvalue weighted by Crippen LogP contribution is -2.36. The zero-order chi connectivity index (χ0) is 15.5. The Hall–Kier alpha value is -2.44. The van der Waals surface area contributed by atoms with E-state index >= 15 is 0 Å². The largest absolute Gasteiger partial charge is 0.472 e. The summed E-state index contributed by atoms with van der Waals surface area (Å²) >= 11 is 0. The van der Waals surface area contributed by atoms with Gasteiger partial charge in [0.15, 0.2) is 0 Å². The highest BCUT2D eigenvalue weighted by Gasteiger charge is 2.24. The van der Waals surface area contributed by atoms with Crippen LogP contribution in [0, 0.1) is 0 Å². The number of rotatable bonds is 5. The van der Waals surface area contributed by atoms with E-state index in [2.05, 4.69) is 15.6 Å². The van der Waals surface area contributed by atoms with Crippen LogP contribution in [0.3, 0.4) is 0 Å². The Morgan fingerprint density at radius 3 is 2.96 bits per heavy atom. The first kappa shape index (κ1) is 14.2. The molecule has 3 heterocycles. The summed E-state index contributed by atoms with van der Waals surface area (Å²) in [7, 11) is 0. The van der Waals surface area contributed by atoms with Gasteiger partial charge < -0.3 is 14.5 Å². The van der Waals surface area contributed by atoms with Crippen molar-refractivity contribution in [2.45, 2.75) is 25.8 Å². The van der Waals surface area contributed by atoms with E-state index in [0.29, 0.717) is 13.2 Å². The van der Waals surface area contributed by atoms with Gasteiger partial charge in [-0.1, -0.05) is 35.5 Å². The van der Waals surface area contributed by atoms with Gasteiger partial charge in [0.2, 0.25) is 0 Å². The van der Waals surface area contributed by atoms with Crippen molar-refractivity contribution < 1.29 is 9.15 Å². The molecule has 0 saturated carbocycles.